The van der Waals surface area contributed by atoms with Gasteiger partial charge in [-0.15, -0.1) is 0 Å². The van der Waals surface area contributed by atoms with Crippen LogP contribution in [0.15, 0.2) is 146 Å². The average molecular weight is 723 g/mol. The van der Waals surface area contributed by atoms with Gasteiger partial charge in [0.05, 0.1) is 45.0 Å². The highest BCUT2D eigenvalue weighted by Crippen LogP contribution is 2.39. The zero-order valence-electron chi connectivity index (χ0n) is 32.2. The first-order valence-corrected chi connectivity index (χ1v) is 19.6. The summed E-state index contributed by atoms with van der Waals surface area (Å²) in [5, 5.41) is 5.02. The molecule has 9 aromatic rings. The van der Waals surface area contributed by atoms with E-state index in [4.69, 9.17) is 9.97 Å². The second-order valence-corrected chi connectivity index (χ2v) is 14.9. The number of rotatable bonds is 6. The summed E-state index contributed by atoms with van der Waals surface area (Å²) in [6.45, 7) is 8.47. The fourth-order valence-corrected chi connectivity index (χ4v) is 8.82. The molecular formula is C52H42N4. The number of aromatic nitrogens is 4. The van der Waals surface area contributed by atoms with Gasteiger partial charge in [-0.2, -0.15) is 0 Å². The minimum Gasteiger partial charge on any atom is -0.310 e. The van der Waals surface area contributed by atoms with Crippen LogP contribution in [0.1, 0.15) is 48.9 Å². The van der Waals surface area contributed by atoms with Crippen molar-refractivity contribution in [3.63, 3.8) is 0 Å². The highest BCUT2D eigenvalue weighted by Gasteiger charge is 2.18. The van der Waals surface area contributed by atoms with Crippen LogP contribution >= 0.6 is 0 Å². The highest BCUT2D eigenvalue weighted by atomic mass is 15.0. The summed E-state index contributed by atoms with van der Waals surface area (Å²) in [5.74, 6) is 0. The Morgan fingerprint density at radius 1 is 0.554 bits per heavy atom. The summed E-state index contributed by atoms with van der Waals surface area (Å²) in [4.78, 5) is 10.3. The molecule has 4 nitrogen and oxygen atoms in total. The summed E-state index contributed by atoms with van der Waals surface area (Å²) >= 11 is 0. The van der Waals surface area contributed by atoms with E-state index in [9.17, 15) is 0 Å². The van der Waals surface area contributed by atoms with Crippen LogP contribution in [-0.2, 0) is 0 Å². The lowest BCUT2D eigenvalue weighted by molar-refractivity contribution is 1.02. The van der Waals surface area contributed by atoms with Crippen molar-refractivity contribution in [3.8, 4) is 28.1 Å². The van der Waals surface area contributed by atoms with Crippen LogP contribution in [0, 0.1) is 13.8 Å². The first kappa shape index (κ1) is 33.8. The van der Waals surface area contributed by atoms with Crippen LogP contribution in [0.3, 0.4) is 0 Å². The maximum absolute atomic E-state index is 5.25. The Bertz CT molecular complexity index is 3160. The van der Waals surface area contributed by atoms with E-state index in [0.717, 1.165) is 51.9 Å². The topological polar surface area (TPSA) is 35.6 Å². The third-order valence-corrected chi connectivity index (χ3v) is 11.7. The molecular weight excluding hydrogens is 681 g/mol. The standard InChI is InChI=1S/C52H42N4/c1-5-14-40-33(3)34(4)41(15-6-2)52-51(40)53-32-46(54-52)35-22-26-39(27-23-35)56-47-20-12-10-18-42(47)44-28-24-37(31-50(44)56)36-25-29-49-45(30-36)43-19-11-13-21-48(43)55(49)38-16-8-7-9-17-38/h5-6,8,10-32H,7,9H2,1-4H3/b14-5-,15-6-. The molecule has 3 aromatic heterocycles. The molecule has 0 amide bonds. The molecule has 270 valence electrons. The monoisotopic (exact) mass is 722 g/mol. The molecule has 0 radical (unpaired) electrons. The molecule has 1 aliphatic rings. The number of benzene rings is 6. The molecule has 3 heterocycles. The fourth-order valence-electron chi connectivity index (χ4n) is 8.82. The number of para-hydroxylation sites is 2. The zero-order chi connectivity index (χ0) is 37.9. The molecule has 10 rings (SSSR count). The quantitative estimate of drug-likeness (QED) is 0.171. The predicted molar refractivity (Wildman–Crippen MR) is 239 cm³/mol. The SMILES string of the molecule is C/C=C\c1c(C)c(C)c(/C=C\C)c2nc(-c3ccc(-n4c5ccccc5c5ccc(-c6ccc7c(c6)c6ccccc6n7C6=CCCC=C6)cc54)cc3)cnc12. The van der Waals surface area contributed by atoms with Gasteiger partial charge in [-0.1, -0.05) is 103 Å². The van der Waals surface area contributed by atoms with Crippen LogP contribution in [0.25, 0.3) is 101 Å². The van der Waals surface area contributed by atoms with Crippen LogP contribution in [0.2, 0.25) is 0 Å². The molecule has 0 saturated heterocycles. The minimum atomic E-state index is 0.863. The van der Waals surface area contributed by atoms with Crippen molar-refractivity contribution in [2.75, 3.05) is 0 Å². The predicted octanol–water partition coefficient (Wildman–Crippen LogP) is 14.0. The van der Waals surface area contributed by atoms with Crippen molar-refractivity contribution in [3.05, 3.63) is 168 Å². The molecule has 0 fully saturated rings. The summed E-state index contributed by atoms with van der Waals surface area (Å²) in [5.41, 5.74) is 18.1. The van der Waals surface area contributed by atoms with Gasteiger partial charge in [-0.25, -0.2) is 4.98 Å². The van der Waals surface area contributed by atoms with Gasteiger partial charge in [-0.05, 0) is 111 Å². The second-order valence-electron chi connectivity index (χ2n) is 14.9. The molecule has 0 aliphatic heterocycles. The highest BCUT2D eigenvalue weighted by molar-refractivity contribution is 6.13. The van der Waals surface area contributed by atoms with E-state index in [1.807, 2.05) is 6.20 Å². The van der Waals surface area contributed by atoms with Crippen LogP contribution in [-0.4, -0.2) is 19.1 Å². The lowest BCUT2D eigenvalue weighted by Gasteiger charge is -2.15. The third-order valence-electron chi connectivity index (χ3n) is 11.7. The normalized spacial score (nSPS) is 13.5. The molecule has 0 N–H and O–H groups in total. The smallest absolute Gasteiger partial charge is 0.0975 e. The lowest BCUT2D eigenvalue weighted by atomic mass is 9.94. The first-order valence-electron chi connectivity index (χ1n) is 19.6. The van der Waals surface area contributed by atoms with Gasteiger partial charge in [0.2, 0.25) is 0 Å². The van der Waals surface area contributed by atoms with Gasteiger partial charge < -0.3 is 9.13 Å². The molecule has 6 aromatic carbocycles. The number of nitrogens with zero attached hydrogens (tertiary/aromatic N) is 4. The van der Waals surface area contributed by atoms with E-state index >= 15 is 0 Å². The lowest BCUT2D eigenvalue weighted by Crippen LogP contribution is -2.00. The van der Waals surface area contributed by atoms with E-state index < -0.39 is 0 Å². The van der Waals surface area contributed by atoms with Crippen molar-refractivity contribution >= 4 is 72.5 Å². The van der Waals surface area contributed by atoms with E-state index in [1.54, 1.807) is 0 Å². The van der Waals surface area contributed by atoms with Gasteiger partial charge in [0.15, 0.2) is 0 Å². The van der Waals surface area contributed by atoms with Crippen LogP contribution in [0.4, 0.5) is 0 Å². The molecule has 0 unspecified atom stereocenters. The molecule has 56 heavy (non-hydrogen) atoms. The van der Waals surface area contributed by atoms with Crippen molar-refractivity contribution < 1.29 is 0 Å². The van der Waals surface area contributed by atoms with E-state index in [1.165, 1.54) is 71.6 Å². The number of hydrogen-bond donors (Lipinski definition) is 0. The van der Waals surface area contributed by atoms with E-state index in [0.29, 0.717) is 0 Å². The van der Waals surface area contributed by atoms with Crippen LogP contribution < -0.4 is 0 Å². The summed E-state index contributed by atoms with van der Waals surface area (Å²) in [6, 6.07) is 40.2. The third kappa shape index (κ3) is 5.28. The maximum atomic E-state index is 5.25. The molecule has 0 saturated carbocycles. The Morgan fingerprint density at radius 3 is 1.88 bits per heavy atom. The fraction of sp³-hybridized carbons (Fsp3) is 0.115. The van der Waals surface area contributed by atoms with Gasteiger partial charge >= 0.3 is 0 Å². The Morgan fingerprint density at radius 2 is 1.16 bits per heavy atom. The Labute approximate surface area is 327 Å². The first-order chi connectivity index (χ1) is 27.5. The molecule has 4 heteroatoms. The van der Waals surface area contributed by atoms with Crippen molar-refractivity contribution in [2.24, 2.45) is 0 Å². The van der Waals surface area contributed by atoms with E-state index in [-0.39, 0.29) is 0 Å². The second kappa shape index (κ2) is 13.5. The Kier molecular flexibility index (Phi) is 8.14. The van der Waals surface area contributed by atoms with Crippen LogP contribution in [0.5, 0.6) is 0 Å². The van der Waals surface area contributed by atoms with Crippen molar-refractivity contribution in [1.29, 1.82) is 0 Å². The van der Waals surface area contributed by atoms with Crippen molar-refractivity contribution in [1.82, 2.24) is 19.1 Å². The Balaban J connectivity index is 1.09. The number of hydrogen-bond acceptors (Lipinski definition) is 2. The Hall–Kier alpha value is -6.78. The molecule has 1 aliphatic carbocycles. The number of fused-ring (bicyclic) bond motifs is 7. The molecule has 0 atom stereocenters. The van der Waals surface area contributed by atoms with Gasteiger partial charge in [-0.3, -0.25) is 4.98 Å². The summed E-state index contributed by atoms with van der Waals surface area (Å²) in [6.07, 6.45) is 19.5. The van der Waals surface area contributed by atoms with Gasteiger partial charge in [0, 0.05) is 49.6 Å². The zero-order valence-corrected chi connectivity index (χ0v) is 32.2. The number of allylic oxidation sites excluding steroid dienone is 6. The average Bonchev–Trinajstić information content (AvgIpc) is 3.76. The van der Waals surface area contributed by atoms with E-state index in [2.05, 4.69) is 189 Å². The van der Waals surface area contributed by atoms with Gasteiger partial charge in [0.1, 0.15) is 0 Å². The minimum absolute atomic E-state index is 0.863. The maximum Gasteiger partial charge on any atom is 0.0975 e. The molecule has 0 spiro atoms. The van der Waals surface area contributed by atoms with Crippen molar-refractivity contribution in [2.45, 2.75) is 40.5 Å². The largest absolute Gasteiger partial charge is 0.310 e. The molecule has 0 bridgehead atoms. The summed E-state index contributed by atoms with van der Waals surface area (Å²) < 4.78 is 4.82. The van der Waals surface area contributed by atoms with Gasteiger partial charge in [0.25, 0.3) is 0 Å². The summed E-state index contributed by atoms with van der Waals surface area (Å²) in [7, 11) is 0.